The molecule has 0 bridgehead atoms. The number of methoxy groups -OCH3 is 1. The van der Waals surface area contributed by atoms with Crippen LogP contribution in [0.15, 0.2) is 61.6 Å². The topological polar surface area (TPSA) is 124 Å². The highest BCUT2D eigenvalue weighted by Crippen LogP contribution is 2.40. The van der Waals surface area contributed by atoms with Crippen LogP contribution in [0.1, 0.15) is 16.7 Å². The minimum atomic E-state index is -0.443. The highest BCUT2D eigenvalue weighted by molar-refractivity contribution is 7.13. The fourth-order valence-electron chi connectivity index (χ4n) is 4.35. The molecule has 0 radical (unpaired) electrons. The first-order valence-electron chi connectivity index (χ1n) is 11.4. The molecule has 0 aliphatic heterocycles. The number of fused-ring (bicyclic) bond motifs is 3. The number of amides is 2. The van der Waals surface area contributed by atoms with Crippen LogP contribution >= 0.6 is 11.3 Å². The molecular formula is C27H23N3O6S. The van der Waals surface area contributed by atoms with Crippen molar-refractivity contribution in [3.63, 3.8) is 0 Å². The van der Waals surface area contributed by atoms with Crippen LogP contribution in [-0.2, 0) is 16.0 Å². The number of ether oxygens (including phenoxy) is 1. The molecule has 0 fully saturated rings. The van der Waals surface area contributed by atoms with Gasteiger partial charge in [0, 0.05) is 34.2 Å². The van der Waals surface area contributed by atoms with Crippen LogP contribution in [0.4, 0.5) is 5.13 Å². The van der Waals surface area contributed by atoms with Crippen LogP contribution < -0.4 is 21.0 Å². The molecule has 0 saturated heterocycles. The maximum absolute atomic E-state index is 13.0. The molecule has 188 valence electrons. The first kappa shape index (κ1) is 24.3. The maximum atomic E-state index is 13.0. The lowest BCUT2D eigenvalue weighted by molar-refractivity contribution is -0.123. The van der Waals surface area contributed by atoms with Crippen molar-refractivity contribution in [1.29, 1.82) is 0 Å². The summed E-state index contributed by atoms with van der Waals surface area (Å²) in [5.41, 5.74) is 3.43. The smallest absolute Gasteiger partial charge is 0.336 e. The van der Waals surface area contributed by atoms with E-state index in [1.54, 1.807) is 24.8 Å². The molecule has 2 amide bonds. The average molecular weight is 518 g/mol. The Balaban J connectivity index is 1.55. The Morgan fingerprint density at radius 1 is 1.03 bits per heavy atom. The van der Waals surface area contributed by atoms with Gasteiger partial charge in [-0.1, -0.05) is 0 Å². The van der Waals surface area contributed by atoms with Gasteiger partial charge in [0.05, 0.1) is 25.5 Å². The summed E-state index contributed by atoms with van der Waals surface area (Å²) in [6, 6.07) is 10.5. The molecule has 0 aliphatic rings. The van der Waals surface area contributed by atoms with E-state index >= 15 is 0 Å². The number of anilines is 1. The molecule has 9 nitrogen and oxygen atoms in total. The van der Waals surface area contributed by atoms with Gasteiger partial charge in [0.2, 0.25) is 11.8 Å². The van der Waals surface area contributed by atoms with Gasteiger partial charge in [-0.15, -0.1) is 11.3 Å². The zero-order chi connectivity index (χ0) is 26.1. The molecule has 0 spiro atoms. The third kappa shape index (κ3) is 4.83. The molecule has 0 atom stereocenters. The number of furan rings is 1. The molecule has 10 heteroatoms. The van der Waals surface area contributed by atoms with Crippen molar-refractivity contribution >= 4 is 50.2 Å². The molecule has 0 aliphatic carbocycles. The first-order valence-corrected chi connectivity index (χ1v) is 12.3. The van der Waals surface area contributed by atoms with Crippen molar-refractivity contribution in [2.45, 2.75) is 20.3 Å². The third-order valence-corrected chi connectivity index (χ3v) is 6.66. The predicted octanol–water partition coefficient (Wildman–Crippen LogP) is 4.59. The second-order valence-corrected chi connectivity index (χ2v) is 9.39. The number of hydrogen-bond acceptors (Lipinski definition) is 8. The van der Waals surface area contributed by atoms with Crippen LogP contribution in [0.2, 0.25) is 0 Å². The van der Waals surface area contributed by atoms with Crippen LogP contribution in [-0.4, -0.2) is 30.5 Å². The second-order valence-electron chi connectivity index (χ2n) is 8.50. The lowest BCUT2D eigenvalue weighted by Gasteiger charge is -2.08. The van der Waals surface area contributed by atoms with Crippen molar-refractivity contribution in [2.75, 3.05) is 19.0 Å². The highest BCUT2D eigenvalue weighted by Gasteiger charge is 2.24. The summed E-state index contributed by atoms with van der Waals surface area (Å²) >= 11 is 1.29. The standard InChI is InChI=1S/C27H23N3O6S/c1-14-10-19-24(15(2)11-22(33)35-19)26-23(14)18(25(36-26)16-4-6-17(34-3)7-5-16)12-20(31)29-13-21(32)30-27-28-8-9-37-27/h4-11H,12-13H2,1-3H3,(H,29,31)(H,28,30,32). The Kier molecular flexibility index (Phi) is 6.49. The summed E-state index contributed by atoms with van der Waals surface area (Å²) in [7, 11) is 1.59. The van der Waals surface area contributed by atoms with Crippen molar-refractivity contribution in [2.24, 2.45) is 0 Å². The molecule has 5 aromatic rings. The number of carbonyl (C=O) groups excluding carboxylic acids is 2. The molecule has 5 rings (SSSR count). The summed E-state index contributed by atoms with van der Waals surface area (Å²) in [6.45, 7) is 3.50. The Bertz CT molecular complexity index is 1680. The van der Waals surface area contributed by atoms with Crippen molar-refractivity contribution in [3.05, 3.63) is 75.1 Å². The monoisotopic (exact) mass is 517 g/mol. The van der Waals surface area contributed by atoms with Gasteiger partial charge in [0.1, 0.15) is 22.7 Å². The minimum absolute atomic E-state index is 0.0267. The number of rotatable bonds is 7. The highest BCUT2D eigenvalue weighted by atomic mass is 32.1. The lowest BCUT2D eigenvalue weighted by Crippen LogP contribution is -2.33. The molecule has 37 heavy (non-hydrogen) atoms. The molecule has 0 saturated carbocycles. The Morgan fingerprint density at radius 3 is 2.49 bits per heavy atom. The number of carbonyl (C=O) groups is 2. The van der Waals surface area contributed by atoms with Crippen molar-refractivity contribution in [3.8, 4) is 17.1 Å². The summed E-state index contributed by atoms with van der Waals surface area (Å²) in [5.74, 6) is 0.483. The van der Waals surface area contributed by atoms with E-state index in [1.807, 2.05) is 38.1 Å². The van der Waals surface area contributed by atoms with Gasteiger partial charge in [-0.25, -0.2) is 9.78 Å². The van der Waals surface area contributed by atoms with Gasteiger partial charge in [-0.2, -0.15) is 0 Å². The van der Waals surface area contributed by atoms with Gasteiger partial charge in [-0.05, 0) is 55.3 Å². The van der Waals surface area contributed by atoms with Crippen LogP contribution in [0, 0.1) is 13.8 Å². The molecular weight excluding hydrogens is 494 g/mol. The Morgan fingerprint density at radius 2 is 1.78 bits per heavy atom. The number of nitrogens with zero attached hydrogens (tertiary/aromatic N) is 1. The van der Waals surface area contributed by atoms with E-state index in [9.17, 15) is 14.4 Å². The lowest BCUT2D eigenvalue weighted by atomic mass is 9.97. The number of nitrogens with one attached hydrogen (secondary N) is 2. The quantitative estimate of drug-likeness (QED) is 0.303. The van der Waals surface area contributed by atoms with Crippen LogP contribution in [0.5, 0.6) is 5.75 Å². The largest absolute Gasteiger partial charge is 0.497 e. The third-order valence-electron chi connectivity index (χ3n) is 5.98. The second kappa shape index (κ2) is 9.90. The van der Waals surface area contributed by atoms with E-state index in [1.165, 1.54) is 17.4 Å². The van der Waals surface area contributed by atoms with Crippen LogP contribution in [0.3, 0.4) is 0 Å². The van der Waals surface area contributed by atoms with Crippen molar-refractivity contribution < 1.29 is 23.2 Å². The van der Waals surface area contributed by atoms with Gasteiger partial charge in [0.15, 0.2) is 5.13 Å². The molecule has 3 aromatic heterocycles. The normalized spacial score (nSPS) is 11.1. The predicted molar refractivity (Wildman–Crippen MR) is 141 cm³/mol. The summed E-state index contributed by atoms with van der Waals surface area (Å²) in [4.78, 5) is 41.2. The maximum Gasteiger partial charge on any atom is 0.336 e. The fraction of sp³-hybridized carbons (Fsp3) is 0.185. The minimum Gasteiger partial charge on any atom is -0.497 e. The Hall–Kier alpha value is -4.44. The van der Waals surface area contributed by atoms with Gasteiger partial charge in [-0.3, -0.25) is 9.59 Å². The summed E-state index contributed by atoms with van der Waals surface area (Å²) in [6.07, 6.45) is 1.56. The molecule has 2 aromatic carbocycles. The summed E-state index contributed by atoms with van der Waals surface area (Å²) in [5, 5.41) is 8.96. The first-order chi connectivity index (χ1) is 17.8. The average Bonchev–Trinajstić information content (AvgIpc) is 3.51. The number of aromatic nitrogens is 1. The van der Waals surface area contributed by atoms with Crippen LogP contribution in [0.25, 0.3) is 33.3 Å². The van der Waals surface area contributed by atoms with Crippen molar-refractivity contribution in [1.82, 2.24) is 10.3 Å². The number of hydrogen-bond donors (Lipinski definition) is 2. The fourth-order valence-corrected chi connectivity index (χ4v) is 4.89. The van der Waals surface area contributed by atoms with Gasteiger partial charge in [0.25, 0.3) is 0 Å². The Labute approximate surface area is 215 Å². The number of aryl methyl sites for hydroxylation is 2. The number of thiazole rings is 1. The SMILES string of the molecule is COc1ccc(-c2oc3c(c(C)cc4oc(=O)cc(C)c43)c2CC(=O)NCC(=O)Nc2nccs2)cc1. The van der Waals surface area contributed by atoms with E-state index in [0.29, 0.717) is 44.3 Å². The van der Waals surface area contributed by atoms with E-state index in [0.717, 1.165) is 16.5 Å². The molecule has 3 heterocycles. The summed E-state index contributed by atoms with van der Waals surface area (Å²) < 4.78 is 17.1. The van der Waals surface area contributed by atoms with Gasteiger partial charge < -0.3 is 24.2 Å². The van der Waals surface area contributed by atoms with E-state index in [4.69, 9.17) is 13.6 Å². The number of benzene rings is 2. The molecule has 2 N–H and O–H groups in total. The van der Waals surface area contributed by atoms with Gasteiger partial charge >= 0.3 is 5.63 Å². The van der Waals surface area contributed by atoms with E-state index < -0.39 is 5.63 Å². The zero-order valence-electron chi connectivity index (χ0n) is 20.3. The molecule has 0 unspecified atom stereocenters. The van der Waals surface area contributed by atoms with E-state index in [-0.39, 0.29) is 24.8 Å². The zero-order valence-corrected chi connectivity index (χ0v) is 21.2. The van der Waals surface area contributed by atoms with E-state index in [2.05, 4.69) is 15.6 Å².